The van der Waals surface area contributed by atoms with Crippen LogP contribution >= 0.6 is 0 Å². The highest BCUT2D eigenvalue weighted by Crippen LogP contribution is 2.28. The topological polar surface area (TPSA) is 50.3 Å². The summed E-state index contributed by atoms with van der Waals surface area (Å²) in [6.45, 7) is 9.80. The number of benzene rings is 2. The second-order valence-electron chi connectivity index (χ2n) is 8.48. The first-order chi connectivity index (χ1) is 15.7. The highest BCUT2D eigenvalue weighted by molar-refractivity contribution is 5.90. The summed E-state index contributed by atoms with van der Waals surface area (Å²) in [5, 5.41) is 1.22. The van der Waals surface area contributed by atoms with Crippen LogP contribution in [0.2, 0.25) is 0 Å². The van der Waals surface area contributed by atoms with Crippen molar-refractivity contribution in [1.82, 2.24) is 14.5 Å². The van der Waals surface area contributed by atoms with Crippen LogP contribution in [-0.4, -0.2) is 40.6 Å². The Kier molecular flexibility index (Phi) is 5.65. The van der Waals surface area contributed by atoms with Crippen molar-refractivity contribution in [3.8, 4) is 0 Å². The van der Waals surface area contributed by atoms with Gasteiger partial charge >= 0.3 is 0 Å². The molecule has 0 radical (unpaired) electrons. The van der Waals surface area contributed by atoms with Crippen molar-refractivity contribution in [2.24, 2.45) is 5.73 Å². The molecule has 0 atom stereocenters. The van der Waals surface area contributed by atoms with Crippen molar-refractivity contribution in [3.63, 3.8) is 0 Å². The van der Waals surface area contributed by atoms with Crippen LogP contribution in [0.3, 0.4) is 0 Å². The van der Waals surface area contributed by atoms with Gasteiger partial charge in [-0.05, 0) is 28.8 Å². The molecule has 5 nitrogen and oxygen atoms in total. The Hall–Kier alpha value is -3.57. The van der Waals surface area contributed by atoms with E-state index in [1.165, 1.54) is 22.2 Å². The third kappa shape index (κ3) is 4.25. The minimum absolute atomic E-state index is 0.595. The molecule has 2 N–H and O–H groups in total. The molecule has 0 saturated carbocycles. The van der Waals surface area contributed by atoms with Gasteiger partial charge in [-0.3, -0.25) is 4.90 Å². The molecule has 1 aliphatic rings. The molecule has 0 bridgehead atoms. The van der Waals surface area contributed by atoms with Gasteiger partial charge in [0.1, 0.15) is 5.65 Å². The lowest BCUT2D eigenvalue weighted by molar-refractivity contribution is 0.250. The SMILES string of the molecule is C=C(N)c1ccc(Cn2ccc3c(N4CCN(Cc5ccccc5)CC4)ccnc32)cc1. The molecule has 2 aromatic heterocycles. The Balaban J connectivity index is 1.29. The van der Waals surface area contributed by atoms with E-state index in [0.717, 1.165) is 50.5 Å². The van der Waals surface area contributed by atoms with Crippen molar-refractivity contribution in [2.75, 3.05) is 31.1 Å². The van der Waals surface area contributed by atoms with Gasteiger partial charge in [0.25, 0.3) is 0 Å². The highest BCUT2D eigenvalue weighted by atomic mass is 15.3. The van der Waals surface area contributed by atoms with E-state index in [-0.39, 0.29) is 0 Å². The number of pyridine rings is 1. The normalized spacial score (nSPS) is 14.7. The van der Waals surface area contributed by atoms with E-state index in [9.17, 15) is 0 Å². The summed E-state index contributed by atoms with van der Waals surface area (Å²) in [6, 6.07) is 23.3. The molecule has 0 spiro atoms. The lowest BCUT2D eigenvalue weighted by Gasteiger charge is -2.36. The predicted octanol–water partition coefficient (Wildman–Crippen LogP) is 4.34. The molecule has 2 aromatic carbocycles. The lowest BCUT2D eigenvalue weighted by Crippen LogP contribution is -2.46. The van der Waals surface area contributed by atoms with Crippen LogP contribution in [0.1, 0.15) is 16.7 Å². The Labute approximate surface area is 189 Å². The maximum atomic E-state index is 5.79. The van der Waals surface area contributed by atoms with Gasteiger partial charge in [0.15, 0.2) is 0 Å². The zero-order valence-electron chi connectivity index (χ0n) is 18.3. The third-order valence-electron chi connectivity index (χ3n) is 6.28. The second-order valence-corrected chi connectivity index (χ2v) is 8.48. The first-order valence-electron chi connectivity index (χ1n) is 11.2. The van der Waals surface area contributed by atoms with E-state index in [4.69, 9.17) is 10.7 Å². The molecule has 162 valence electrons. The van der Waals surface area contributed by atoms with E-state index >= 15 is 0 Å². The van der Waals surface area contributed by atoms with Gasteiger partial charge in [0, 0.05) is 68.4 Å². The summed E-state index contributed by atoms with van der Waals surface area (Å²) in [7, 11) is 0. The average molecular weight is 424 g/mol. The zero-order chi connectivity index (χ0) is 21.9. The molecule has 5 heteroatoms. The highest BCUT2D eigenvalue weighted by Gasteiger charge is 2.20. The summed E-state index contributed by atoms with van der Waals surface area (Å²) in [5.74, 6) is 0. The molecular formula is C27H29N5. The van der Waals surface area contributed by atoms with Crippen LogP contribution in [0, 0.1) is 0 Å². The van der Waals surface area contributed by atoms with Crippen LogP contribution in [0.4, 0.5) is 5.69 Å². The van der Waals surface area contributed by atoms with Crippen LogP contribution in [0.25, 0.3) is 16.7 Å². The lowest BCUT2D eigenvalue weighted by atomic mass is 10.1. The van der Waals surface area contributed by atoms with Gasteiger partial charge in [-0.15, -0.1) is 0 Å². The Morgan fingerprint density at radius 3 is 2.28 bits per heavy atom. The van der Waals surface area contributed by atoms with Crippen molar-refractivity contribution in [2.45, 2.75) is 13.1 Å². The minimum Gasteiger partial charge on any atom is -0.399 e. The van der Waals surface area contributed by atoms with Crippen LogP contribution in [0.5, 0.6) is 0 Å². The van der Waals surface area contributed by atoms with Crippen molar-refractivity contribution in [1.29, 1.82) is 0 Å². The zero-order valence-corrected chi connectivity index (χ0v) is 18.3. The number of aromatic nitrogens is 2. The molecule has 4 aromatic rings. The summed E-state index contributed by atoms with van der Waals surface area (Å²) in [6.07, 6.45) is 4.08. The number of nitrogens with two attached hydrogens (primary N) is 1. The van der Waals surface area contributed by atoms with Crippen molar-refractivity contribution >= 4 is 22.4 Å². The smallest absolute Gasteiger partial charge is 0.142 e. The molecular weight excluding hydrogens is 394 g/mol. The first kappa shape index (κ1) is 20.3. The van der Waals surface area contributed by atoms with Gasteiger partial charge in [0.05, 0.1) is 0 Å². The number of rotatable bonds is 6. The predicted molar refractivity (Wildman–Crippen MR) is 132 cm³/mol. The molecule has 32 heavy (non-hydrogen) atoms. The summed E-state index contributed by atoms with van der Waals surface area (Å²) in [4.78, 5) is 9.74. The Bertz CT molecular complexity index is 1200. The fourth-order valence-corrected chi connectivity index (χ4v) is 4.49. The van der Waals surface area contributed by atoms with Crippen LogP contribution in [0.15, 0.2) is 85.7 Å². The third-order valence-corrected chi connectivity index (χ3v) is 6.28. The second kappa shape index (κ2) is 8.89. The molecule has 0 aliphatic carbocycles. The number of nitrogens with zero attached hydrogens (tertiary/aromatic N) is 4. The molecule has 0 amide bonds. The Morgan fingerprint density at radius 1 is 0.844 bits per heavy atom. The van der Waals surface area contributed by atoms with E-state index in [1.807, 2.05) is 18.3 Å². The quantitative estimate of drug-likeness (QED) is 0.501. The van der Waals surface area contributed by atoms with Gasteiger partial charge in [-0.2, -0.15) is 0 Å². The number of hydrogen-bond acceptors (Lipinski definition) is 4. The van der Waals surface area contributed by atoms with Crippen molar-refractivity contribution < 1.29 is 0 Å². The Morgan fingerprint density at radius 2 is 1.56 bits per heavy atom. The maximum Gasteiger partial charge on any atom is 0.142 e. The van der Waals surface area contributed by atoms with Gasteiger partial charge in [-0.1, -0.05) is 61.2 Å². The van der Waals surface area contributed by atoms with Crippen LogP contribution in [-0.2, 0) is 13.1 Å². The van der Waals surface area contributed by atoms with E-state index in [1.54, 1.807) is 0 Å². The van der Waals surface area contributed by atoms with Gasteiger partial charge in [-0.25, -0.2) is 4.98 Å². The van der Waals surface area contributed by atoms with E-state index in [2.05, 4.69) is 81.7 Å². The maximum absolute atomic E-state index is 5.79. The van der Waals surface area contributed by atoms with Crippen LogP contribution < -0.4 is 10.6 Å². The number of piperazine rings is 1. The summed E-state index contributed by atoms with van der Waals surface area (Å²) < 4.78 is 2.22. The fraction of sp³-hybridized carbons (Fsp3) is 0.222. The molecule has 0 unspecified atom stereocenters. The summed E-state index contributed by atoms with van der Waals surface area (Å²) >= 11 is 0. The summed E-state index contributed by atoms with van der Waals surface area (Å²) in [5.41, 5.74) is 12.3. The van der Waals surface area contributed by atoms with E-state index in [0.29, 0.717) is 5.70 Å². The van der Waals surface area contributed by atoms with Gasteiger partial charge < -0.3 is 15.2 Å². The number of anilines is 1. The standard InChI is InChI=1S/C27H29N5/c1-21(28)24-9-7-23(8-10-24)20-32-14-12-25-26(11-13-29-27(25)32)31-17-15-30(16-18-31)19-22-5-3-2-4-6-22/h2-14H,1,15-20,28H2. The van der Waals surface area contributed by atoms with Crippen molar-refractivity contribution in [3.05, 3.63) is 102 Å². The number of hydrogen-bond donors (Lipinski definition) is 1. The minimum atomic E-state index is 0.595. The molecule has 1 aliphatic heterocycles. The monoisotopic (exact) mass is 423 g/mol. The molecule has 1 saturated heterocycles. The molecule has 5 rings (SSSR count). The van der Waals surface area contributed by atoms with E-state index < -0.39 is 0 Å². The number of fused-ring (bicyclic) bond motifs is 1. The molecule has 3 heterocycles. The largest absolute Gasteiger partial charge is 0.399 e. The molecule has 1 fully saturated rings. The fourth-order valence-electron chi connectivity index (χ4n) is 4.49. The first-order valence-corrected chi connectivity index (χ1v) is 11.2. The van der Waals surface area contributed by atoms with Gasteiger partial charge in [0.2, 0.25) is 0 Å². The average Bonchev–Trinajstić information content (AvgIpc) is 3.23.